The second kappa shape index (κ2) is 11.1. The predicted octanol–water partition coefficient (Wildman–Crippen LogP) is 6.00. The number of hydrogen-bond acceptors (Lipinski definition) is 4. The molecule has 1 heterocycles. The van der Waals surface area contributed by atoms with Crippen molar-refractivity contribution in [1.82, 2.24) is 14.5 Å². The van der Waals surface area contributed by atoms with E-state index in [1.165, 1.54) is 0 Å². The normalized spacial score (nSPS) is 12.7. The van der Waals surface area contributed by atoms with Crippen LogP contribution in [0.4, 0.5) is 5.95 Å². The van der Waals surface area contributed by atoms with Gasteiger partial charge in [-0.25, -0.2) is 4.98 Å². The molecule has 1 aromatic heterocycles. The van der Waals surface area contributed by atoms with E-state index in [-0.39, 0.29) is 18.4 Å². The zero-order valence-electron chi connectivity index (χ0n) is 21.4. The molecule has 1 N–H and O–H groups in total. The van der Waals surface area contributed by atoms with Crippen molar-refractivity contribution < 1.29 is 14.3 Å². The number of amides is 2. The Balaban J connectivity index is 1.42. The Morgan fingerprint density at radius 1 is 1.05 bits per heavy atom. The number of aryl methyl sites for hydroxylation is 1. The lowest BCUT2D eigenvalue weighted by atomic mass is 10.1. The first kappa shape index (κ1) is 25.5. The van der Waals surface area contributed by atoms with E-state index >= 15 is 0 Å². The molecule has 1 aliphatic rings. The number of nitrogens with zero attached hydrogens (tertiary/aromatic N) is 3. The van der Waals surface area contributed by atoms with Gasteiger partial charge in [0.2, 0.25) is 11.9 Å². The Labute approximate surface area is 227 Å². The Morgan fingerprint density at radius 2 is 1.76 bits per heavy atom. The standard InChI is InChI=1S/C30H29ClN4O3/c1-20-5-3-4-6-26(20)29(37)34(17-21-7-8-21)19-28(36)33-30-32-27(22-9-11-23(31)12-10-22)18-35(30)24-13-15-25(38-2)16-14-24/h3-6,9-16,18,21H,7-8,17,19H2,1-2H3,(H,32,33,36). The van der Waals surface area contributed by atoms with Crippen molar-refractivity contribution in [2.24, 2.45) is 5.92 Å². The van der Waals surface area contributed by atoms with Crippen molar-refractivity contribution in [3.63, 3.8) is 0 Å². The summed E-state index contributed by atoms with van der Waals surface area (Å²) in [4.78, 5) is 33.1. The zero-order chi connectivity index (χ0) is 26.6. The molecule has 0 atom stereocenters. The number of methoxy groups -OCH3 is 1. The average molecular weight is 529 g/mol. The van der Waals surface area contributed by atoms with Crippen molar-refractivity contribution >= 4 is 29.4 Å². The smallest absolute Gasteiger partial charge is 0.254 e. The van der Waals surface area contributed by atoms with Crippen LogP contribution in [-0.2, 0) is 4.79 Å². The van der Waals surface area contributed by atoms with Crippen LogP contribution in [0.5, 0.6) is 5.75 Å². The monoisotopic (exact) mass is 528 g/mol. The SMILES string of the molecule is COc1ccc(-n2cc(-c3ccc(Cl)cc3)nc2NC(=O)CN(CC2CC2)C(=O)c2ccccc2C)cc1. The fourth-order valence-electron chi connectivity index (χ4n) is 4.32. The maximum absolute atomic E-state index is 13.4. The highest BCUT2D eigenvalue weighted by molar-refractivity contribution is 6.30. The minimum atomic E-state index is -0.310. The van der Waals surface area contributed by atoms with E-state index in [9.17, 15) is 9.59 Å². The van der Waals surface area contributed by atoms with E-state index in [4.69, 9.17) is 21.3 Å². The maximum atomic E-state index is 13.4. The van der Waals surface area contributed by atoms with Gasteiger partial charge >= 0.3 is 0 Å². The van der Waals surface area contributed by atoms with Crippen LogP contribution in [0.25, 0.3) is 16.9 Å². The number of ether oxygens (including phenoxy) is 1. The molecule has 2 amide bonds. The summed E-state index contributed by atoms with van der Waals surface area (Å²) < 4.78 is 7.10. The van der Waals surface area contributed by atoms with Crippen LogP contribution in [0.15, 0.2) is 79.0 Å². The van der Waals surface area contributed by atoms with Crippen LogP contribution in [0.1, 0.15) is 28.8 Å². The highest BCUT2D eigenvalue weighted by Gasteiger charge is 2.29. The number of benzene rings is 3. The number of imidazole rings is 1. The Morgan fingerprint density at radius 3 is 2.42 bits per heavy atom. The van der Waals surface area contributed by atoms with E-state index in [1.807, 2.05) is 78.4 Å². The van der Waals surface area contributed by atoms with E-state index in [0.717, 1.165) is 35.4 Å². The fourth-order valence-corrected chi connectivity index (χ4v) is 4.45. The van der Waals surface area contributed by atoms with E-state index < -0.39 is 0 Å². The largest absolute Gasteiger partial charge is 0.497 e. The second-order valence-electron chi connectivity index (χ2n) is 9.52. The lowest BCUT2D eigenvalue weighted by Crippen LogP contribution is -2.40. The lowest BCUT2D eigenvalue weighted by Gasteiger charge is -2.23. The number of aromatic nitrogens is 2. The molecule has 3 aromatic carbocycles. The topological polar surface area (TPSA) is 76.5 Å². The third kappa shape index (κ3) is 5.89. The van der Waals surface area contributed by atoms with Gasteiger partial charge in [-0.1, -0.05) is 41.9 Å². The number of rotatable bonds is 9. The molecular formula is C30H29ClN4O3. The first-order valence-corrected chi connectivity index (χ1v) is 12.9. The summed E-state index contributed by atoms with van der Waals surface area (Å²) in [6.07, 6.45) is 4.01. The third-order valence-electron chi connectivity index (χ3n) is 6.62. The molecule has 7 nitrogen and oxygen atoms in total. The molecule has 1 fully saturated rings. The highest BCUT2D eigenvalue weighted by Crippen LogP contribution is 2.31. The minimum absolute atomic E-state index is 0.0601. The van der Waals surface area contributed by atoms with Crippen molar-refractivity contribution in [3.8, 4) is 22.7 Å². The van der Waals surface area contributed by atoms with E-state index in [0.29, 0.717) is 34.7 Å². The molecule has 0 aliphatic heterocycles. The molecular weight excluding hydrogens is 500 g/mol. The van der Waals surface area contributed by atoms with Crippen LogP contribution in [-0.4, -0.2) is 46.5 Å². The van der Waals surface area contributed by atoms with Gasteiger partial charge < -0.3 is 9.64 Å². The predicted molar refractivity (Wildman–Crippen MR) is 149 cm³/mol. The molecule has 8 heteroatoms. The average Bonchev–Trinajstić information content (AvgIpc) is 3.65. The van der Waals surface area contributed by atoms with Crippen molar-refractivity contribution in [1.29, 1.82) is 0 Å². The Hall–Kier alpha value is -4.10. The van der Waals surface area contributed by atoms with Gasteiger partial charge in [-0.05, 0) is 73.7 Å². The fraction of sp³-hybridized carbons (Fsp3) is 0.233. The Bertz CT molecular complexity index is 1440. The summed E-state index contributed by atoms with van der Waals surface area (Å²) in [6, 6.07) is 22.3. The van der Waals surface area contributed by atoms with E-state index in [2.05, 4.69) is 5.32 Å². The number of halogens is 1. The van der Waals surface area contributed by atoms with Gasteiger partial charge in [0.05, 0.1) is 12.8 Å². The summed E-state index contributed by atoms with van der Waals surface area (Å²) in [7, 11) is 1.61. The third-order valence-corrected chi connectivity index (χ3v) is 6.87. The van der Waals surface area contributed by atoms with Crippen LogP contribution < -0.4 is 10.1 Å². The van der Waals surface area contributed by atoms with Gasteiger partial charge in [0.1, 0.15) is 12.3 Å². The van der Waals surface area contributed by atoms with Crippen molar-refractivity contribution in [2.45, 2.75) is 19.8 Å². The number of hydrogen-bond donors (Lipinski definition) is 1. The lowest BCUT2D eigenvalue weighted by molar-refractivity contribution is -0.117. The minimum Gasteiger partial charge on any atom is -0.497 e. The van der Waals surface area contributed by atoms with Gasteiger partial charge in [-0.15, -0.1) is 0 Å². The summed E-state index contributed by atoms with van der Waals surface area (Å²) in [6.45, 7) is 2.41. The summed E-state index contributed by atoms with van der Waals surface area (Å²) in [5.41, 5.74) is 3.85. The van der Waals surface area contributed by atoms with Gasteiger partial charge in [0, 0.05) is 34.6 Å². The highest BCUT2D eigenvalue weighted by atomic mass is 35.5. The molecule has 38 heavy (non-hydrogen) atoms. The van der Waals surface area contributed by atoms with Crippen LogP contribution in [0.2, 0.25) is 5.02 Å². The van der Waals surface area contributed by atoms with Gasteiger partial charge in [0.15, 0.2) is 0 Å². The van der Waals surface area contributed by atoms with Crippen LogP contribution in [0, 0.1) is 12.8 Å². The van der Waals surface area contributed by atoms with E-state index in [1.54, 1.807) is 24.1 Å². The molecule has 0 radical (unpaired) electrons. The van der Waals surface area contributed by atoms with Crippen LogP contribution >= 0.6 is 11.6 Å². The molecule has 0 saturated heterocycles. The molecule has 1 aliphatic carbocycles. The number of anilines is 1. The molecule has 0 unspecified atom stereocenters. The van der Waals surface area contributed by atoms with Gasteiger partial charge in [-0.2, -0.15) is 0 Å². The van der Waals surface area contributed by atoms with Crippen molar-refractivity contribution in [2.75, 3.05) is 25.5 Å². The molecule has 5 rings (SSSR count). The summed E-state index contributed by atoms with van der Waals surface area (Å²) >= 11 is 6.07. The van der Waals surface area contributed by atoms with Crippen LogP contribution in [0.3, 0.4) is 0 Å². The Kier molecular flexibility index (Phi) is 7.47. The number of carbonyl (C=O) groups is 2. The zero-order valence-corrected chi connectivity index (χ0v) is 22.1. The molecule has 0 spiro atoms. The second-order valence-corrected chi connectivity index (χ2v) is 9.95. The first-order valence-electron chi connectivity index (χ1n) is 12.6. The molecule has 0 bridgehead atoms. The maximum Gasteiger partial charge on any atom is 0.254 e. The van der Waals surface area contributed by atoms with Gasteiger partial charge in [-0.3, -0.25) is 19.5 Å². The van der Waals surface area contributed by atoms with Crippen molar-refractivity contribution in [3.05, 3.63) is 95.1 Å². The first-order chi connectivity index (χ1) is 18.4. The summed E-state index contributed by atoms with van der Waals surface area (Å²) in [5, 5.41) is 3.58. The number of nitrogens with one attached hydrogen (secondary N) is 1. The van der Waals surface area contributed by atoms with Gasteiger partial charge in [0.25, 0.3) is 5.91 Å². The molecule has 194 valence electrons. The number of carbonyl (C=O) groups excluding carboxylic acids is 2. The quantitative estimate of drug-likeness (QED) is 0.289. The molecule has 4 aromatic rings. The summed E-state index contributed by atoms with van der Waals surface area (Å²) in [5.74, 6) is 1.08. The molecule has 1 saturated carbocycles.